The summed E-state index contributed by atoms with van der Waals surface area (Å²) in [5.41, 5.74) is 2.22. The van der Waals surface area contributed by atoms with Crippen molar-refractivity contribution >= 4 is 17.7 Å². The topological polar surface area (TPSA) is 49.8 Å². The van der Waals surface area contributed by atoms with E-state index >= 15 is 0 Å². The van der Waals surface area contributed by atoms with Gasteiger partial charge >= 0.3 is 5.97 Å². The van der Waals surface area contributed by atoms with Crippen molar-refractivity contribution in [2.24, 2.45) is 0 Å². The van der Waals surface area contributed by atoms with Gasteiger partial charge in [0.2, 0.25) is 0 Å². The summed E-state index contributed by atoms with van der Waals surface area (Å²) in [7, 11) is 1.65. The van der Waals surface area contributed by atoms with Crippen LogP contribution in [0.15, 0.2) is 35.9 Å². The third kappa shape index (κ3) is 3.92. The molecule has 0 aliphatic carbocycles. The molecule has 0 aromatic heterocycles. The highest BCUT2D eigenvalue weighted by molar-refractivity contribution is 5.87. The summed E-state index contributed by atoms with van der Waals surface area (Å²) >= 11 is 0. The van der Waals surface area contributed by atoms with Gasteiger partial charge in [0.05, 0.1) is 12.3 Å². The molecule has 1 heterocycles. The molecule has 0 spiro atoms. The zero-order chi connectivity index (χ0) is 15.2. The molecule has 1 aromatic carbocycles. The predicted octanol–water partition coefficient (Wildman–Crippen LogP) is 2.71. The Morgan fingerprint density at radius 3 is 2.95 bits per heavy atom. The van der Waals surface area contributed by atoms with Crippen LogP contribution in [0.5, 0.6) is 0 Å². The fourth-order valence-corrected chi connectivity index (χ4v) is 2.39. The van der Waals surface area contributed by atoms with Crippen molar-refractivity contribution in [3.8, 4) is 0 Å². The first-order chi connectivity index (χ1) is 10.1. The van der Waals surface area contributed by atoms with Gasteiger partial charge in [-0.25, -0.2) is 9.18 Å². The van der Waals surface area contributed by atoms with E-state index in [1.165, 1.54) is 17.7 Å². The third-order valence-corrected chi connectivity index (χ3v) is 3.37. The largest absolute Gasteiger partial charge is 0.478 e. The molecule has 0 radical (unpaired) electrons. The molecule has 0 saturated heterocycles. The lowest BCUT2D eigenvalue weighted by atomic mass is 10.1. The van der Waals surface area contributed by atoms with Crippen LogP contribution in [0.3, 0.4) is 0 Å². The van der Waals surface area contributed by atoms with Gasteiger partial charge in [0.1, 0.15) is 5.82 Å². The lowest BCUT2D eigenvalue weighted by molar-refractivity contribution is -0.131. The molecule has 0 fully saturated rings. The summed E-state index contributed by atoms with van der Waals surface area (Å²) in [5, 5.41) is 8.72. The highest BCUT2D eigenvalue weighted by Gasteiger charge is 2.18. The van der Waals surface area contributed by atoms with Gasteiger partial charge in [0.15, 0.2) is 0 Å². The molecule has 5 heteroatoms. The minimum Gasteiger partial charge on any atom is -0.478 e. The fourth-order valence-electron chi connectivity index (χ4n) is 2.39. The van der Waals surface area contributed by atoms with E-state index in [2.05, 4.69) is 0 Å². The maximum absolute atomic E-state index is 14.1. The molecule has 1 aliphatic rings. The number of aliphatic carboxylic acids is 1. The van der Waals surface area contributed by atoms with Crippen molar-refractivity contribution < 1.29 is 19.0 Å². The van der Waals surface area contributed by atoms with Gasteiger partial charge in [0.25, 0.3) is 0 Å². The second-order valence-electron chi connectivity index (χ2n) is 4.84. The zero-order valence-corrected chi connectivity index (χ0v) is 11.9. The molecule has 0 atom stereocenters. The Labute approximate surface area is 123 Å². The molecule has 2 rings (SSSR count). The number of nitrogens with zero attached hydrogens (tertiary/aromatic N) is 1. The second-order valence-corrected chi connectivity index (χ2v) is 4.84. The molecule has 4 nitrogen and oxygen atoms in total. The van der Waals surface area contributed by atoms with E-state index in [1.807, 2.05) is 11.0 Å². The minimum atomic E-state index is -1.05. The lowest BCUT2D eigenvalue weighted by Crippen LogP contribution is -2.30. The van der Waals surface area contributed by atoms with Crippen LogP contribution >= 0.6 is 0 Å². The Balaban J connectivity index is 2.25. The van der Waals surface area contributed by atoms with Crippen LogP contribution in [0.2, 0.25) is 0 Å². The van der Waals surface area contributed by atoms with Crippen molar-refractivity contribution in [3.05, 3.63) is 47.3 Å². The van der Waals surface area contributed by atoms with Crippen molar-refractivity contribution in [1.29, 1.82) is 0 Å². The van der Waals surface area contributed by atoms with E-state index in [0.717, 1.165) is 12.5 Å². The number of rotatable bonds is 5. The summed E-state index contributed by atoms with van der Waals surface area (Å²) in [6.45, 7) is 1.87. The Morgan fingerprint density at radius 2 is 2.33 bits per heavy atom. The average molecular weight is 291 g/mol. The number of carbonyl (C=O) groups is 1. The van der Waals surface area contributed by atoms with E-state index in [9.17, 15) is 9.18 Å². The zero-order valence-electron chi connectivity index (χ0n) is 11.9. The normalized spacial score (nSPS) is 15.3. The van der Waals surface area contributed by atoms with Crippen LogP contribution in [-0.4, -0.2) is 37.9 Å². The average Bonchev–Trinajstić information content (AvgIpc) is 2.46. The number of para-hydroxylation sites is 1. The molecule has 1 aliphatic heterocycles. The number of halogens is 1. The van der Waals surface area contributed by atoms with Crippen LogP contribution in [0.4, 0.5) is 10.1 Å². The Morgan fingerprint density at radius 1 is 1.52 bits per heavy atom. The van der Waals surface area contributed by atoms with Crippen molar-refractivity contribution in [3.63, 3.8) is 0 Å². The standard InChI is InChI=1S/C16H18FNO3/c1-21-11-12-7-9-18(10-8-12)16-13(5-6-15(19)20)3-2-4-14(16)17/h2-7H,8-11H2,1H3,(H,19,20)/b6-5+. The van der Waals surface area contributed by atoms with Crippen LogP contribution in [-0.2, 0) is 9.53 Å². The maximum atomic E-state index is 14.1. The summed E-state index contributed by atoms with van der Waals surface area (Å²) in [6, 6.07) is 4.69. The molecule has 0 saturated carbocycles. The van der Waals surface area contributed by atoms with E-state index in [4.69, 9.17) is 9.84 Å². The maximum Gasteiger partial charge on any atom is 0.328 e. The number of ether oxygens (including phenoxy) is 1. The van der Waals surface area contributed by atoms with E-state index in [0.29, 0.717) is 30.9 Å². The molecule has 1 N–H and O–H groups in total. The molecule has 0 amide bonds. The number of carboxylic acids is 1. The fraction of sp³-hybridized carbons (Fsp3) is 0.312. The first-order valence-corrected chi connectivity index (χ1v) is 6.73. The van der Waals surface area contributed by atoms with Gasteiger partial charge in [-0.1, -0.05) is 18.2 Å². The number of carboxylic acid groups (broad SMARTS) is 1. The quantitative estimate of drug-likeness (QED) is 0.669. The van der Waals surface area contributed by atoms with Gasteiger partial charge in [-0.2, -0.15) is 0 Å². The van der Waals surface area contributed by atoms with Crippen molar-refractivity contribution in [1.82, 2.24) is 0 Å². The minimum absolute atomic E-state index is 0.342. The van der Waals surface area contributed by atoms with E-state index in [1.54, 1.807) is 19.2 Å². The number of anilines is 1. The van der Waals surface area contributed by atoms with Crippen LogP contribution in [0.1, 0.15) is 12.0 Å². The van der Waals surface area contributed by atoms with Crippen molar-refractivity contribution in [2.75, 3.05) is 31.7 Å². The molecule has 0 bridgehead atoms. The smallest absolute Gasteiger partial charge is 0.328 e. The van der Waals surface area contributed by atoms with Gasteiger partial charge in [0, 0.05) is 31.8 Å². The van der Waals surface area contributed by atoms with E-state index < -0.39 is 5.97 Å². The van der Waals surface area contributed by atoms with Gasteiger partial charge in [-0.05, 0) is 24.1 Å². The van der Waals surface area contributed by atoms with Crippen molar-refractivity contribution in [2.45, 2.75) is 6.42 Å². The van der Waals surface area contributed by atoms with Gasteiger partial charge in [-0.3, -0.25) is 0 Å². The molecule has 0 unspecified atom stereocenters. The first-order valence-electron chi connectivity index (χ1n) is 6.73. The Hall–Kier alpha value is -2.14. The molecular formula is C16H18FNO3. The molecule has 1 aromatic rings. The predicted molar refractivity (Wildman–Crippen MR) is 79.9 cm³/mol. The van der Waals surface area contributed by atoms with Gasteiger partial charge in [-0.15, -0.1) is 0 Å². The monoisotopic (exact) mass is 291 g/mol. The second kappa shape index (κ2) is 7.04. The molecule has 112 valence electrons. The molecular weight excluding hydrogens is 273 g/mol. The van der Waals surface area contributed by atoms with Crippen LogP contribution < -0.4 is 4.90 Å². The first kappa shape index (κ1) is 15.3. The third-order valence-electron chi connectivity index (χ3n) is 3.37. The highest BCUT2D eigenvalue weighted by Crippen LogP contribution is 2.28. The summed E-state index contributed by atoms with van der Waals surface area (Å²) < 4.78 is 19.2. The lowest BCUT2D eigenvalue weighted by Gasteiger charge is -2.30. The summed E-state index contributed by atoms with van der Waals surface area (Å²) in [6.07, 6.45) is 5.29. The Bertz CT molecular complexity index is 581. The summed E-state index contributed by atoms with van der Waals surface area (Å²) in [5.74, 6) is -1.39. The van der Waals surface area contributed by atoms with E-state index in [-0.39, 0.29) is 5.82 Å². The van der Waals surface area contributed by atoms with Crippen LogP contribution in [0, 0.1) is 5.82 Å². The summed E-state index contributed by atoms with van der Waals surface area (Å²) in [4.78, 5) is 12.6. The number of benzene rings is 1. The SMILES string of the molecule is COCC1=CCN(c2c(F)cccc2/C=C/C(=O)O)CC1. The van der Waals surface area contributed by atoms with Crippen LogP contribution in [0.25, 0.3) is 6.08 Å². The number of hydrogen-bond acceptors (Lipinski definition) is 3. The Kier molecular flexibility index (Phi) is 5.11. The number of methoxy groups -OCH3 is 1. The molecule has 21 heavy (non-hydrogen) atoms. The highest BCUT2D eigenvalue weighted by atomic mass is 19.1. The number of hydrogen-bond donors (Lipinski definition) is 1. The van der Waals surface area contributed by atoms with Gasteiger partial charge < -0.3 is 14.7 Å².